The van der Waals surface area contributed by atoms with Crippen LogP contribution in [-0.2, 0) is 4.79 Å². The number of carbonyl (C=O) groups is 2. The number of fused-ring (bicyclic) bond motifs is 1. The highest BCUT2D eigenvalue weighted by atomic mass is 19.4. The second-order valence-corrected chi connectivity index (χ2v) is 9.21. The first-order valence-corrected chi connectivity index (χ1v) is 12.2. The molecular formula is C30H24F5NO3. The molecule has 1 unspecified atom stereocenters. The summed E-state index contributed by atoms with van der Waals surface area (Å²) in [4.78, 5) is 22.9. The fraction of sp³-hybridized carbons (Fsp3) is 0.200. The van der Waals surface area contributed by atoms with Gasteiger partial charge in [-0.3, -0.25) is 9.59 Å². The summed E-state index contributed by atoms with van der Waals surface area (Å²) in [5, 5.41) is 12.7. The van der Waals surface area contributed by atoms with Gasteiger partial charge in [0.1, 0.15) is 11.6 Å². The molecular weight excluding hydrogens is 517 g/mol. The van der Waals surface area contributed by atoms with Gasteiger partial charge in [0.15, 0.2) is 0 Å². The number of carbonyl (C=O) groups excluding carboxylic acids is 1. The lowest BCUT2D eigenvalue weighted by Crippen LogP contribution is -2.25. The van der Waals surface area contributed by atoms with E-state index in [-0.39, 0.29) is 24.9 Å². The summed E-state index contributed by atoms with van der Waals surface area (Å²) in [6.45, 7) is -0.0446. The van der Waals surface area contributed by atoms with E-state index in [4.69, 9.17) is 5.11 Å². The average molecular weight is 542 g/mol. The Morgan fingerprint density at radius 3 is 2.03 bits per heavy atom. The van der Waals surface area contributed by atoms with Gasteiger partial charge in [0.25, 0.3) is 5.91 Å². The molecule has 0 saturated heterocycles. The Bertz CT molecular complexity index is 1480. The van der Waals surface area contributed by atoms with Crippen molar-refractivity contribution in [3.05, 3.63) is 107 Å². The highest BCUT2D eigenvalue weighted by Gasteiger charge is 2.29. The molecule has 4 aromatic carbocycles. The number of alkyl halides is 3. The minimum absolute atomic E-state index is 0.0446. The Hall–Kier alpha value is -4.27. The van der Waals surface area contributed by atoms with Crippen molar-refractivity contribution in [2.75, 3.05) is 6.54 Å². The molecule has 0 aliphatic rings. The first-order chi connectivity index (χ1) is 18.5. The van der Waals surface area contributed by atoms with Gasteiger partial charge in [-0.1, -0.05) is 42.5 Å². The third-order valence-electron chi connectivity index (χ3n) is 6.38. The van der Waals surface area contributed by atoms with Crippen LogP contribution in [0.2, 0.25) is 0 Å². The Labute approximate surface area is 221 Å². The Balaban J connectivity index is 1.62. The van der Waals surface area contributed by atoms with Crippen LogP contribution in [0.15, 0.2) is 78.9 Å². The minimum atomic E-state index is -4.35. The lowest BCUT2D eigenvalue weighted by atomic mass is 9.85. The summed E-state index contributed by atoms with van der Waals surface area (Å²) < 4.78 is 66.8. The van der Waals surface area contributed by atoms with Crippen LogP contribution in [0.25, 0.3) is 21.9 Å². The standard InChI is InChI=1S/C30H24F5NO3/c31-25-15-24(16-26(32)17-25)22-6-5-21-14-23(8-7-20(21)13-22)27(9-11-30(33,34)35)18-1-3-19(4-2-18)29(39)36-12-10-28(37)38/h1-8,13-17,27H,9-12H2,(H,36,39)(H,37,38). The summed E-state index contributed by atoms with van der Waals surface area (Å²) in [7, 11) is 0. The Morgan fingerprint density at radius 2 is 1.38 bits per heavy atom. The molecule has 0 spiro atoms. The molecule has 4 rings (SSSR count). The van der Waals surface area contributed by atoms with Crippen LogP contribution < -0.4 is 5.32 Å². The molecule has 1 amide bonds. The normalized spacial score (nSPS) is 12.3. The summed E-state index contributed by atoms with van der Waals surface area (Å²) in [5.41, 5.74) is 2.47. The quantitative estimate of drug-likeness (QED) is 0.216. The highest BCUT2D eigenvalue weighted by Crippen LogP contribution is 2.36. The van der Waals surface area contributed by atoms with Crippen LogP contribution in [0.5, 0.6) is 0 Å². The van der Waals surface area contributed by atoms with E-state index in [9.17, 15) is 31.5 Å². The van der Waals surface area contributed by atoms with Gasteiger partial charge in [-0.15, -0.1) is 0 Å². The number of benzene rings is 4. The molecule has 39 heavy (non-hydrogen) atoms. The van der Waals surface area contributed by atoms with E-state index < -0.39 is 42.0 Å². The third-order valence-corrected chi connectivity index (χ3v) is 6.38. The predicted molar refractivity (Wildman–Crippen MR) is 137 cm³/mol. The number of amides is 1. The molecule has 1 atom stereocenters. The molecule has 9 heteroatoms. The molecule has 0 saturated carbocycles. The van der Waals surface area contributed by atoms with E-state index in [0.717, 1.165) is 16.8 Å². The zero-order valence-corrected chi connectivity index (χ0v) is 20.6. The van der Waals surface area contributed by atoms with Crippen molar-refractivity contribution in [2.24, 2.45) is 0 Å². The van der Waals surface area contributed by atoms with Crippen LogP contribution in [0.4, 0.5) is 22.0 Å². The number of carboxylic acid groups (broad SMARTS) is 1. The average Bonchev–Trinajstić information content (AvgIpc) is 2.87. The molecule has 0 aliphatic carbocycles. The number of rotatable bonds is 9. The number of hydrogen-bond donors (Lipinski definition) is 2. The van der Waals surface area contributed by atoms with E-state index >= 15 is 0 Å². The van der Waals surface area contributed by atoms with Crippen LogP contribution in [0.3, 0.4) is 0 Å². The van der Waals surface area contributed by atoms with Crippen molar-refractivity contribution in [1.29, 1.82) is 0 Å². The van der Waals surface area contributed by atoms with Gasteiger partial charge in [0, 0.05) is 30.5 Å². The van der Waals surface area contributed by atoms with Gasteiger partial charge in [-0.2, -0.15) is 13.2 Å². The molecule has 0 aromatic heterocycles. The topological polar surface area (TPSA) is 66.4 Å². The van der Waals surface area contributed by atoms with Gasteiger partial charge in [0.2, 0.25) is 0 Å². The van der Waals surface area contributed by atoms with Crippen LogP contribution in [0.1, 0.15) is 46.7 Å². The maximum Gasteiger partial charge on any atom is 0.389 e. The fourth-order valence-electron chi connectivity index (χ4n) is 4.47. The number of halogens is 5. The molecule has 0 radical (unpaired) electrons. The lowest BCUT2D eigenvalue weighted by Gasteiger charge is -2.20. The van der Waals surface area contributed by atoms with Crippen LogP contribution >= 0.6 is 0 Å². The molecule has 4 aromatic rings. The van der Waals surface area contributed by atoms with E-state index in [1.807, 2.05) is 0 Å². The van der Waals surface area contributed by atoms with Gasteiger partial charge >= 0.3 is 12.1 Å². The summed E-state index contributed by atoms with van der Waals surface area (Å²) >= 11 is 0. The molecule has 0 fully saturated rings. The summed E-state index contributed by atoms with van der Waals surface area (Å²) in [6.07, 6.45) is -5.79. The van der Waals surface area contributed by atoms with E-state index in [1.165, 1.54) is 24.3 Å². The fourth-order valence-corrected chi connectivity index (χ4v) is 4.47. The van der Waals surface area contributed by atoms with E-state index in [1.54, 1.807) is 48.5 Å². The molecule has 0 bridgehead atoms. The maximum absolute atomic E-state index is 13.7. The number of aliphatic carboxylic acids is 1. The van der Waals surface area contributed by atoms with E-state index in [2.05, 4.69) is 5.32 Å². The summed E-state index contributed by atoms with van der Waals surface area (Å²) in [5.74, 6) is -3.53. The molecule has 202 valence electrons. The smallest absolute Gasteiger partial charge is 0.389 e. The van der Waals surface area contributed by atoms with Crippen LogP contribution in [0, 0.1) is 11.6 Å². The lowest BCUT2D eigenvalue weighted by molar-refractivity contribution is -0.137. The zero-order valence-electron chi connectivity index (χ0n) is 20.6. The molecule has 4 nitrogen and oxygen atoms in total. The monoisotopic (exact) mass is 541 g/mol. The van der Waals surface area contributed by atoms with Crippen molar-refractivity contribution in [3.8, 4) is 11.1 Å². The van der Waals surface area contributed by atoms with Crippen molar-refractivity contribution in [1.82, 2.24) is 5.32 Å². The molecule has 0 heterocycles. The number of nitrogens with one attached hydrogen (secondary N) is 1. The van der Waals surface area contributed by atoms with Crippen molar-refractivity contribution >= 4 is 22.6 Å². The SMILES string of the molecule is O=C(O)CCNC(=O)c1ccc(C(CCC(F)(F)F)c2ccc3cc(-c4cc(F)cc(F)c4)ccc3c2)cc1. The van der Waals surface area contributed by atoms with Gasteiger partial charge < -0.3 is 10.4 Å². The van der Waals surface area contributed by atoms with E-state index in [0.29, 0.717) is 22.3 Å². The second kappa shape index (κ2) is 11.6. The second-order valence-electron chi connectivity index (χ2n) is 9.21. The largest absolute Gasteiger partial charge is 0.481 e. The Kier molecular flexibility index (Phi) is 8.28. The van der Waals surface area contributed by atoms with Crippen molar-refractivity contribution < 1.29 is 36.6 Å². The summed E-state index contributed by atoms with van der Waals surface area (Å²) in [6, 6.07) is 19.9. The van der Waals surface area contributed by atoms with Gasteiger partial charge in [-0.25, -0.2) is 8.78 Å². The first-order valence-electron chi connectivity index (χ1n) is 12.2. The molecule has 2 N–H and O–H groups in total. The van der Waals surface area contributed by atoms with Gasteiger partial charge in [-0.05, 0) is 69.8 Å². The highest BCUT2D eigenvalue weighted by molar-refractivity contribution is 5.94. The third kappa shape index (κ3) is 7.40. The van der Waals surface area contributed by atoms with Crippen molar-refractivity contribution in [3.63, 3.8) is 0 Å². The minimum Gasteiger partial charge on any atom is -0.481 e. The van der Waals surface area contributed by atoms with Crippen LogP contribution in [-0.4, -0.2) is 29.7 Å². The zero-order chi connectivity index (χ0) is 28.2. The maximum atomic E-state index is 13.7. The Morgan fingerprint density at radius 1 is 0.769 bits per heavy atom. The van der Waals surface area contributed by atoms with Gasteiger partial charge in [0.05, 0.1) is 6.42 Å². The predicted octanol–water partition coefficient (Wildman–Crippen LogP) is 7.46. The number of hydrogen-bond acceptors (Lipinski definition) is 2. The molecule has 0 aliphatic heterocycles. The number of carboxylic acids is 1. The van der Waals surface area contributed by atoms with Crippen molar-refractivity contribution in [2.45, 2.75) is 31.4 Å². The first kappa shape index (κ1) is 27.8.